The molecule has 2 aromatic carbocycles. The molecule has 0 unspecified atom stereocenters. The summed E-state index contributed by atoms with van der Waals surface area (Å²) in [5.74, 6) is 3.49. The molecule has 44 heavy (non-hydrogen) atoms. The highest BCUT2D eigenvalue weighted by atomic mass is 19.4. The molecule has 10 nitrogen and oxygen atoms in total. The fraction of sp³-hybridized carbons (Fsp3) is 0.387. The van der Waals surface area contributed by atoms with Gasteiger partial charge in [-0.1, -0.05) is 12.1 Å². The van der Waals surface area contributed by atoms with Crippen LogP contribution in [0.2, 0.25) is 0 Å². The molecule has 4 heterocycles. The first-order chi connectivity index (χ1) is 21.2. The van der Waals surface area contributed by atoms with Crippen LogP contribution in [0.15, 0.2) is 48.9 Å². The lowest BCUT2D eigenvalue weighted by Crippen LogP contribution is -2.33. The molecule has 1 fully saturated rings. The number of hydrogen-bond donors (Lipinski definition) is 1. The van der Waals surface area contributed by atoms with Gasteiger partial charge in [0.1, 0.15) is 12.1 Å². The monoisotopic (exact) mass is 609 g/mol. The van der Waals surface area contributed by atoms with Crippen LogP contribution in [0.3, 0.4) is 0 Å². The van der Waals surface area contributed by atoms with Gasteiger partial charge >= 0.3 is 6.18 Å². The van der Waals surface area contributed by atoms with Crippen molar-refractivity contribution >= 4 is 17.6 Å². The van der Waals surface area contributed by atoms with Crippen molar-refractivity contribution in [1.29, 1.82) is 0 Å². The Bertz CT molecular complexity index is 1590. The second-order valence-electron chi connectivity index (χ2n) is 10.8. The maximum atomic E-state index is 13.0. The quantitative estimate of drug-likeness (QED) is 0.260. The Morgan fingerprint density at radius 3 is 2.25 bits per heavy atom. The Hall–Kier alpha value is -4.52. The summed E-state index contributed by atoms with van der Waals surface area (Å²) in [7, 11) is 4.69. The van der Waals surface area contributed by atoms with Crippen molar-refractivity contribution in [3.8, 4) is 22.9 Å². The number of alkyl halides is 3. The number of nitrogens with one attached hydrogen (secondary N) is 1. The van der Waals surface area contributed by atoms with Gasteiger partial charge in [-0.2, -0.15) is 18.2 Å². The normalized spacial score (nSPS) is 15.3. The van der Waals surface area contributed by atoms with Crippen LogP contribution in [0.4, 0.5) is 30.8 Å². The standard InChI is InChI=1S/C31H34F3N7O3/c1-42-25-14-22(15-26(43-2)28(25)44-3)41-18-27(35-19-41)37-30-36-24-17-39(16-20-6-8-21(9-7-20)31(32,33)34)13-10-23(24)29(38-30)40-11-4-5-12-40/h6-9,14-15,18-19H,4-5,10-13,16-17H2,1-3H3,(H,36,37,38). The summed E-state index contributed by atoms with van der Waals surface area (Å²) in [6.45, 7) is 3.74. The summed E-state index contributed by atoms with van der Waals surface area (Å²) in [6.07, 6.45) is 2.14. The van der Waals surface area contributed by atoms with E-state index in [2.05, 4.69) is 20.1 Å². The molecule has 0 radical (unpaired) electrons. The topological polar surface area (TPSA) is 89.8 Å². The predicted molar refractivity (Wildman–Crippen MR) is 159 cm³/mol. The molecule has 232 valence electrons. The Balaban J connectivity index is 1.25. The molecule has 0 amide bonds. The number of rotatable bonds is 9. The second-order valence-corrected chi connectivity index (χ2v) is 10.8. The molecule has 2 aliphatic rings. The maximum absolute atomic E-state index is 13.0. The molecule has 0 bridgehead atoms. The minimum atomic E-state index is -4.35. The van der Waals surface area contributed by atoms with Crippen molar-refractivity contribution < 1.29 is 27.4 Å². The molecule has 2 aromatic heterocycles. The van der Waals surface area contributed by atoms with Gasteiger partial charge in [0.2, 0.25) is 11.7 Å². The van der Waals surface area contributed by atoms with Crippen molar-refractivity contribution in [2.75, 3.05) is 51.2 Å². The first-order valence-electron chi connectivity index (χ1n) is 14.4. The molecular weight excluding hydrogens is 575 g/mol. The lowest BCUT2D eigenvalue weighted by atomic mass is 10.0. The van der Waals surface area contributed by atoms with Crippen LogP contribution in [0.25, 0.3) is 5.69 Å². The molecule has 2 aliphatic heterocycles. The number of halogens is 3. The molecule has 1 saturated heterocycles. The van der Waals surface area contributed by atoms with Gasteiger partial charge in [0.25, 0.3) is 0 Å². The number of ether oxygens (including phenoxy) is 3. The van der Waals surface area contributed by atoms with E-state index >= 15 is 0 Å². The fourth-order valence-electron chi connectivity index (χ4n) is 5.76. The summed E-state index contributed by atoms with van der Waals surface area (Å²) in [6, 6.07) is 9.04. The van der Waals surface area contributed by atoms with Crippen LogP contribution >= 0.6 is 0 Å². The highest BCUT2D eigenvalue weighted by molar-refractivity contribution is 5.60. The lowest BCUT2D eigenvalue weighted by molar-refractivity contribution is -0.137. The van der Waals surface area contributed by atoms with Crippen molar-refractivity contribution in [3.63, 3.8) is 0 Å². The van der Waals surface area contributed by atoms with Gasteiger partial charge in [-0.05, 0) is 37.0 Å². The zero-order valence-electron chi connectivity index (χ0n) is 24.8. The van der Waals surface area contributed by atoms with Crippen LogP contribution in [0.1, 0.15) is 35.2 Å². The van der Waals surface area contributed by atoms with Gasteiger partial charge < -0.3 is 29.0 Å². The van der Waals surface area contributed by atoms with Gasteiger partial charge in [-0.3, -0.25) is 4.90 Å². The van der Waals surface area contributed by atoms with Gasteiger partial charge in [-0.25, -0.2) is 9.97 Å². The summed E-state index contributed by atoms with van der Waals surface area (Å²) in [5, 5.41) is 3.28. The third-order valence-corrected chi connectivity index (χ3v) is 7.99. The van der Waals surface area contributed by atoms with E-state index in [9.17, 15) is 13.2 Å². The second kappa shape index (κ2) is 12.2. The third-order valence-electron chi connectivity index (χ3n) is 7.99. The van der Waals surface area contributed by atoms with E-state index in [1.54, 1.807) is 39.8 Å². The van der Waals surface area contributed by atoms with E-state index in [4.69, 9.17) is 24.2 Å². The molecule has 1 N–H and O–H groups in total. The SMILES string of the molecule is COc1cc(-n2cnc(Nc3nc4c(c(N5CCCC5)n3)CCN(Cc3ccc(C(F)(F)F)cc3)C4)c2)cc(OC)c1OC. The largest absolute Gasteiger partial charge is 0.493 e. The zero-order valence-corrected chi connectivity index (χ0v) is 24.8. The Labute approximate surface area is 253 Å². The van der Waals surface area contributed by atoms with E-state index in [0.29, 0.717) is 42.1 Å². The fourth-order valence-corrected chi connectivity index (χ4v) is 5.76. The number of aromatic nitrogens is 4. The van der Waals surface area contributed by atoms with Crippen LogP contribution in [-0.4, -0.2) is 65.4 Å². The average molecular weight is 610 g/mol. The molecule has 0 atom stereocenters. The zero-order chi connectivity index (χ0) is 30.8. The van der Waals surface area contributed by atoms with Crippen molar-refractivity contribution in [2.24, 2.45) is 0 Å². The number of benzene rings is 2. The minimum absolute atomic E-state index is 0.442. The smallest absolute Gasteiger partial charge is 0.416 e. The Kier molecular flexibility index (Phi) is 8.21. The van der Waals surface area contributed by atoms with Gasteiger partial charge in [0.15, 0.2) is 17.3 Å². The average Bonchev–Trinajstić information content (AvgIpc) is 3.73. The van der Waals surface area contributed by atoms with Crippen molar-refractivity contribution in [3.05, 3.63) is 71.3 Å². The lowest BCUT2D eigenvalue weighted by Gasteiger charge is -2.31. The molecule has 0 aliphatic carbocycles. The molecule has 13 heteroatoms. The summed E-state index contributed by atoms with van der Waals surface area (Å²) in [5.41, 5.74) is 2.99. The van der Waals surface area contributed by atoms with E-state index in [-0.39, 0.29) is 0 Å². The number of methoxy groups -OCH3 is 3. The first-order valence-corrected chi connectivity index (χ1v) is 14.4. The van der Waals surface area contributed by atoms with Crippen LogP contribution in [0.5, 0.6) is 17.2 Å². The van der Waals surface area contributed by atoms with Crippen LogP contribution < -0.4 is 24.4 Å². The highest BCUT2D eigenvalue weighted by Gasteiger charge is 2.30. The van der Waals surface area contributed by atoms with Crippen molar-refractivity contribution in [1.82, 2.24) is 24.4 Å². The predicted octanol–water partition coefficient (Wildman–Crippen LogP) is 5.61. The Morgan fingerprint density at radius 2 is 1.61 bits per heavy atom. The van der Waals surface area contributed by atoms with E-state index in [1.807, 2.05) is 22.9 Å². The summed E-state index contributed by atoms with van der Waals surface area (Å²) in [4.78, 5) is 18.9. The molecule has 0 spiro atoms. The number of anilines is 3. The van der Waals surface area contributed by atoms with Gasteiger partial charge in [0.05, 0.1) is 44.5 Å². The van der Waals surface area contributed by atoms with E-state index in [0.717, 1.165) is 79.4 Å². The molecule has 6 rings (SSSR count). The van der Waals surface area contributed by atoms with E-state index < -0.39 is 11.7 Å². The van der Waals surface area contributed by atoms with E-state index in [1.165, 1.54) is 0 Å². The third kappa shape index (κ3) is 6.09. The van der Waals surface area contributed by atoms with Crippen molar-refractivity contribution in [2.45, 2.75) is 38.5 Å². The first kappa shape index (κ1) is 29.5. The van der Waals surface area contributed by atoms with Gasteiger partial charge in [-0.15, -0.1) is 0 Å². The number of nitrogens with zero attached hydrogens (tertiary/aromatic N) is 6. The number of hydrogen-bond acceptors (Lipinski definition) is 9. The molecule has 4 aromatic rings. The summed E-state index contributed by atoms with van der Waals surface area (Å²) < 4.78 is 57.3. The number of fused-ring (bicyclic) bond motifs is 1. The maximum Gasteiger partial charge on any atom is 0.416 e. The molecule has 0 saturated carbocycles. The van der Waals surface area contributed by atoms with Crippen LogP contribution in [-0.2, 0) is 25.7 Å². The number of imidazole rings is 1. The molecular formula is C31H34F3N7O3. The summed E-state index contributed by atoms with van der Waals surface area (Å²) >= 11 is 0. The van der Waals surface area contributed by atoms with Gasteiger partial charge in [0, 0.05) is 50.4 Å². The minimum Gasteiger partial charge on any atom is -0.493 e. The Morgan fingerprint density at radius 1 is 0.909 bits per heavy atom. The van der Waals surface area contributed by atoms with Crippen LogP contribution in [0, 0.1) is 0 Å². The highest BCUT2D eigenvalue weighted by Crippen LogP contribution is 2.39.